The zero-order chi connectivity index (χ0) is 13.9. The third kappa shape index (κ3) is 2.26. The van der Waals surface area contributed by atoms with Gasteiger partial charge in [-0.25, -0.2) is 4.98 Å². The molecule has 0 atom stereocenters. The van der Waals surface area contributed by atoms with E-state index in [0.29, 0.717) is 5.82 Å². The molecule has 3 nitrogen and oxygen atoms in total. The Morgan fingerprint density at radius 2 is 1.50 bits per heavy atom. The molecule has 0 aliphatic carbocycles. The molecule has 3 rings (SSSR count). The average Bonchev–Trinajstić information content (AvgIpc) is 2.49. The van der Waals surface area contributed by atoms with Gasteiger partial charge in [-0.3, -0.25) is 9.36 Å². The first kappa shape index (κ1) is 12.4. The van der Waals surface area contributed by atoms with Crippen molar-refractivity contribution in [3.63, 3.8) is 0 Å². The van der Waals surface area contributed by atoms with Gasteiger partial charge in [0.2, 0.25) is 0 Å². The number of nitrogens with zero attached hydrogens (tertiary/aromatic N) is 2. The maximum Gasteiger partial charge on any atom is 0.258 e. The van der Waals surface area contributed by atoms with Crippen molar-refractivity contribution in [2.24, 2.45) is 0 Å². The number of aryl methyl sites for hydroxylation is 1. The second-order valence-electron chi connectivity index (χ2n) is 4.58. The summed E-state index contributed by atoms with van der Waals surface area (Å²) in [7, 11) is 0. The van der Waals surface area contributed by atoms with Crippen LogP contribution >= 0.6 is 0 Å². The van der Waals surface area contributed by atoms with Gasteiger partial charge < -0.3 is 0 Å². The van der Waals surface area contributed by atoms with E-state index in [4.69, 9.17) is 0 Å². The minimum Gasteiger partial charge on any atom is -0.269 e. The van der Waals surface area contributed by atoms with E-state index < -0.39 is 0 Å². The highest BCUT2D eigenvalue weighted by atomic mass is 16.1. The van der Waals surface area contributed by atoms with E-state index in [0.717, 1.165) is 16.8 Å². The van der Waals surface area contributed by atoms with E-state index in [1.165, 1.54) is 12.3 Å². The van der Waals surface area contributed by atoms with Gasteiger partial charge in [-0.1, -0.05) is 42.5 Å². The maximum absolute atomic E-state index is 11.9. The van der Waals surface area contributed by atoms with Crippen LogP contribution in [0.5, 0.6) is 0 Å². The molecule has 0 saturated heterocycles. The summed E-state index contributed by atoms with van der Waals surface area (Å²) in [4.78, 5) is 16.1. The Bertz CT molecular complexity index is 774. The van der Waals surface area contributed by atoms with Crippen molar-refractivity contribution in [3.8, 4) is 16.8 Å². The molecule has 1 aromatic heterocycles. The highest BCUT2D eigenvalue weighted by Crippen LogP contribution is 2.20. The SMILES string of the molecule is Cc1nccc(=O)n1-c1ccc(-c2ccccc2)cc1. The molecule has 0 bridgehead atoms. The van der Waals surface area contributed by atoms with Gasteiger partial charge in [0, 0.05) is 12.3 Å². The van der Waals surface area contributed by atoms with Crippen LogP contribution in [0.25, 0.3) is 16.8 Å². The Hall–Kier alpha value is -2.68. The third-order valence-corrected chi connectivity index (χ3v) is 3.26. The topological polar surface area (TPSA) is 34.9 Å². The number of hydrogen-bond acceptors (Lipinski definition) is 2. The third-order valence-electron chi connectivity index (χ3n) is 3.26. The first-order valence-corrected chi connectivity index (χ1v) is 6.46. The van der Waals surface area contributed by atoms with Gasteiger partial charge in [-0.15, -0.1) is 0 Å². The molecule has 0 spiro atoms. The maximum atomic E-state index is 11.9. The Morgan fingerprint density at radius 1 is 0.850 bits per heavy atom. The molecule has 3 aromatic rings. The number of benzene rings is 2. The van der Waals surface area contributed by atoms with Crippen molar-refractivity contribution >= 4 is 0 Å². The van der Waals surface area contributed by atoms with Gasteiger partial charge in [0.1, 0.15) is 5.82 Å². The van der Waals surface area contributed by atoms with Crippen LogP contribution in [0.2, 0.25) is 0 Å². The van der Waals surface area contributed by atoms with Crippen LogP contribution in [0.15, 0.2) is 71.7 Å². The Labute approximate surface area is 117 Å². The lowest BCUT2D eigenvalue weighted by Gasteiger charge is -2.09. The Morgan fingerprint density at radius 3 is 2.15 bits per heavy atom. The molecule has 0 aliphatic heterocycles. The first-order chi connectivity index (χ1) is 9.75. The Balaban J connectivity index is 2.04. The smallest absolute Gasteiger partial charge is 0.258 e. The normalized spacial score (nSPS) is 10.4. The summed E-state index contributed by atoms with van der Waals surface area (Å²) in [6.07, 6.45) is 1.53. The summed E-state index contributed by atoms with van der Waals surface area (Å²) in [6.45, 7) is 1.83. The van der Waals surface area contributed by atoms with E-state index in [1.807, 2.05) is 49.4 Å². The van der Waals surface area contributed by atoms with Crippen LogP contribution in [-0.4, -0.2) is 9.55 Å². The highest BCUT2D eigenvalue weighted by molar-refractivity contribution is 5.64. The van der Waals surface area contributed by atoms with Crippen molar-refractivity contribution in [2.45, 2.75) is 6.92 Å². The molecule has 2 aromatic carbocycles. The van der Waals surface area contributed by atoms with Crippen LogP contribution in [0.1, 0.15) is 5.82 Å². The lowest BCUT2D eigenvalue weighted by Crippen LogP contribution is -2.20. The lowest BCUT2D eigenvalue weighted by atomic mass is 10.1. The summed E-state index contributed by atoms with van der Waals surface area (Å²) in [5.74, 6) is 0.685. The molecule has 0 fully saturated rings. The predicted octanol–water partition coefficient (Wildman–Crippen LogP) is 3.21. The summed E-state index contributed by atoms with van der Waals surface area (Å²) in [6, 6.07) is 19.5. The standard InChI is InChI=1S/C17H14N2O/c1-13-18-12-11-17(20)19(13)16-9-7-15(8-10-16)14-5-3-2-4-6-14/h2-12H,1H3. The van der Waals surface area contributed by atoms with Gasteiger partial charge in [-0.2, -0.15) is 0 Å². The second kappa shape index (κ2) is 5.13. The number of hydrogen-bond donors (Lipinski definition) is 0. The molecule has 0 N–H and O–H groups in total. The molecule has 1 heterocycles. The molecule has 0 saturated carbocycles. The van der Waals surface area contributed by atoms with Crippen LogP contribution in [0.4, 0.5) is 0 Å². The Kier molecular flexibility index (Phi) is 3.17. The highest BCUT2D eigenvalue weighted by Gasteiger charge is 2.04. The largest absolute Gasteiger partial charge is 0.269 e. The van der Waals surface area contributed by atoms with Crippen molar-refractivity contribution in [1.82, 2.24) is 9.55 Å². The quantitative estimate of drug-likeness (QED) is 0.710. The minimum absolute atomic E-state index is 0.0649. The van der Waals surface area contributed by atoms with Gasteiger partial charge in [-0.05, 0) is 30.2 Å². The summed E-state index contributed by atoms with van der Waals surface area (Å²) in [5.41, 5.74) is 3.06. The molecule has 3 heteroatoms. The van der Waals surface area contributed by atoms with E-state index in [-0.39, 0.29) is 5.56 Å². The first-order valence-electron chi connectivity index (χ1n) is 6.46. The zero-order valence-electron chi connectivity index (χ0n) is 11.2. The van der Waals surface area contributed by atoms with Crippen LogP contribution < -0.4 is 5.56 Å². The van der Waals surface area contributed by atoms with Crippen LogP contribution in [-0.2, 0) is 0 Å². The molecular weight excluding hydrogens is 248 g/mol. The molecule has 0 radical (unpaired) electrons. The number of aromatic nitrogens is 2. The van der Waals surface area contributed by atoms with E-state index >= 15 is 0 Å². The summed E-state index contributed by atoms with van der Waals surface area (Å²) < 4.78 is 1.61. The fraction of sp³-hybridized carbons (Fsp3) is 0.0588. The molecule has 0 unspecified atom stereocenters. The van der Waals surface area contributed by atoms with Crippen molar-refractivity contribution in [1.29, 1.82) is 0 Å². The van der Waals surface area contributed by atoms with Crippen LogP contribution in [0.3, 0.4) is 0 Å². The molecule has 0 amide bonds. The minimum atomic E-state index is -0.0649. The van der Waals surface area contributed by atoms with Gasteiger partial charge in [0.25, 0.3) is 5.56 Å². The fourth-order valence-electron chi connectivity index (χ4n) is 2.25. The molecular formula is C17H14N2O. The predicted molar refractivity (Wildman–Crippen MR) is 80.0 cm³/mol. The van der Waals surface area contributed by atoms with Gasteiger partial charge in [0.05, 0.1) is 5.69 Å². The van der Waals surface area contributed by atoms with E-state index in [9.17, 15) is 4.79 Å². The number of rotatable bonds is 2. The fourth-order valence-corrected chi connectivity index (χ4v) is 2.25. The van der Waals surface area contributed by atoms with Crippen molar-refractivity contribution in [3.05, 3.63) is 83.0 Å². The monoisotopic (exact) mass is 262 g/mol. The van der Waals surface area contributed by atoms with Gasteiger partial charge >= 0.3 is 0 Å². The molecule has 0 aliphatic rings. The molecule has 20 heavy (non-hydrogen) atoms. The van der Waals surface area contributed by atoms with E-state index in [1.54, 1.807) is 4.57 Å². The summed E-state index contributed by atoms with van der Waals surface area (Å²) in [5, 5.41) is 0. The zero-order valence-corrected chi connectivity index (χ0v) is 11.2. The average molecular weight is 262 g/mol. The van der Waals surface area contributed by atoms with Crippen molar-refractivity contribution in [2.75, 3.05) is 0 Å². The van der Waals surface area contributed by atoms with E-state index in [2.05, 4.69) is 17.1 Å². The summed E-state index contributed by atoms with van der Waals surface area (Å²) >= 11 is 0. The molecule has 98 valence electrons. The van der Waals surface area contributed by atoms with Crippen LogP contribution in [0, 0.1) is 6.92 Å². The second-order valence-corrected chi connectivity index (χ2v) is 4.58. The van der Waals surface area contributed by atoms with Crippen molar-refractivity contribution < 1.29 is 0 Å². The van der Waals surface area contributed by atoms with Gasteiger partial charge in [0.15, 0.2) is 0 Å². The lowest BCUT2D eigenvalue weighted by molar-refractivity contribution is 0.870.